The van der Waals surface area contributed by atoms with Gasteiger partial charge in [0.25, 0.3) is 11.8 Å². The number of benzene rings is 2. The number of carbonyl (C=O) groups excluding carboxylic acids is 2. The predicted octanol–water partition coefficient (Wildman–Crippen LogP) is 7.09. The van der Waals surface area contributed by atoms with Gasteiger partial charge in [0.15, 0.2) is 28.3 Å². The normalized spacial score (nSPS) is 11.0. The molecule has 0 fully saturated rings. The summed E-state index contributed by atoms with van der Waals surface area (Å²) in [6.45, 7) is 3.15. The number of carboxylic acids is 2. The second-order valence-electron chi connectivity index (χ2n) is 10.6. The molecule has 2 aromatic carbocycles. The Hall–Kier alpha value is -5.41. The fraction of sp³-hybridized carbons (Fsp3) is 0.176. The van der Waals surface area contributed by atoms with Crippen molar-refractivity contribution < 1.29 is 52.0 Å². The van der Waals surface area contributed by atoms with Gasteiger partial charge in [-0.3, -0.25) is 28.3 Å². The molecule has 0 aliphatic heterocycles. The Morgan fingerprint density at radius 3 is 1.59 bits per heavy atom. The third-order valence-corrected chi connectivity index (χ3v) is 9.40. The monoisotopic (exact) mass is 712 g/mol. The summed E-state index contributed by atoms with van der Waals surface area (Å²) in [5, 5.41) is 21.4. The zero-order valence-corrected chi connectivity index (χ0v) is 27.9. The number of carbonyl (C=O) groups is 4. The van der Waals surface area contributed by atoms with E-state index in [9.17, 15) is 32.3 Å². The molecule has 0 aliphatic carbocycles. The van der Waals surface area contributed by atoms with Crippen LogP contribution in [-0.4, -0.2) is 57.3 Å². The number of nitrogens with zero attached hydrogens (tertiary/aromatic N) is 2. The largest absolute Gasteiger partial charge is 0.494 e. The van der Waals surface area contributed by atoms with E-state index in [0.29, 0.717) is 33.8 Å². The molecule has 0 spiro atoms. The number of hydrogen-bond acceptors (Lipinski definition) is 8. The predicted molar refractivity (Wildman–Crippen MR) is 177 cm³/mol. The SMILES string of the molecule is COc1ccc2c(c1F)c(CC(=O)O)c(C)n2C(=O)c1ccc(F)s1.COc1ccc2c(c1F)c(CC(=O)O)c(C)n2C(=O)c1ccsc1. The van der Waals surface area contributed by atoms with Crippen LogP contribution >= 0.6 is 22.7 Å². The summed E-state index contributed by atoms with van der Waals surface area (Å²) in [5.74, 6) is -4.55. The Balaban J connectivity index is 0.000000191. The molecule has 6 aromatic rings. The van der Waals surface area contributed by atoms with Crippen LogP contribution in [0.4, 0.5) is 13.2 Å². The number of carboxylic acid groups (broad SMARTS) is 2. The van der Waals surface area contributed by atoms with Crippen molar-refractivity contribution in [1.82, 2.24) is 9.13 Å². The minimum atomic E-state index is -1.15. The van der Waals surface area contributed by atoms with Gasteiger partial charge in [0, 0.05) is 27.5 Å². The van der Waals surface area contributed by atoms with Crippen LogP contribution in [0.2, 0.25) is 0 Å². The van der Waals surface area contributed by atoms with Gasteiger partial charge in [-0.1, -0.05) is 0 Å². The van der Waals surface area contributed by atoms with Crippen molar-refractivity contribution in [1.29, 1.82) is 0 Å². The Bertz CT molecular complexity index is 2270. The van der Waals surface area contributed by atoms with Crippen LogP contribution < -0.4 is 9.47 Å². The van der Waals surface area contributed by atoms with E-state index in [0.717, 1.165) is 0 Å². The fourth-order valence-corrected chi connectivity index (χ4v) is 6.95. The molecular weight excluding hydrogens is 686 g/mol. The summed E-state index contributed by atoms with van der Waals surface area (Å²) in [7, 11) is 2.63. The maximum absolute atomic E-state index is 14.7. The lowest BCUT2D eigenvalue weighted by molar-refractivity contribution is -0.137. The van der Waals surface area contributed by atoms with Crippen LogP contribution in [0, 0.1) is 30.6 Å². The molecule has 0 unspecified atom stereocenters. The Morgan fingerprint density at radius 1 is 0.714 bits per heavy atom. The molecular formula is C34H27F3N2O8S2. The van der Waals surface area contributed by atoms with E-state index in [4.69, 9.17) is 19.7 Å². The van der Waals surface area contributed by atoms with Crippen molar-refractivity contribution in [2.75, 3.05) is 14.2 Å². The highest BCUT2D eigenvalue weighted by atomic mass is 32.1. The molecule has 0 atom stereocenters. The van der Waals surface area contributed by atoms with Crippen LogP contribution in [0.15, 0.2) is 53.2 Å². The summed E-state index contributed by atoms with van der Waals surface area (Å²) in [5.41, 5.74) is 2.18. The number of ether oxygens (including phenoxy) is 2. The third-order valence-electron chi connectivity index (χ3n) is 7.85. The first-order valence-electron chi connectivity index (χ1n) is 14.3. The van der Waals surface area contributed by atoms with Crippen LogP contribution in [0.1, 0.15) is 42.5 Å². The highest BCUT2D eigenvalue weighted by Crippen LogP contribution is 2.36. The topological polar surface area (TPSA) is 137 Å². The number of rotatable bonds is 8. The van der Waals surface area contributed by atoms with Gasteiger partial charge >= 0.3 is 11.9 Å². The van der Waals surface area contributed by atoms with E-state index >= 15 is 0 Å². The minimum Gasteiger partial charge on any atom is -0.494 e. The van der Waals surface area contributed by atoms with Crippen molar-refractivity contribution in [3.05, 3.63) is 103 Å². The van der Waals surface area contributed by atoms with Crippen LogP contribution in [0.25, 0.3) is 21.8 Å². The van der Waals surface area contributed by atoms with E-state index in [-0.39, 0.29) is 56.1 Å². The number of halogens is 3. The fourth-order valence-electron chi connectivity index (χ4n) is 5.66. The van der Waals surface area contributed by atoms with E-state index < -0.39 is 41.0 Å². The van der Waals surface area contributed by atoms with Crippen molar-refractivity contribution in [2.24, 2.45) is 0 Å². The standard InChI is InChI=1S/C17H13F2NO4S.C17H14FNO4S/c1-8-9(7-14(21)22)15-10(3-4-11(24-2)16(15)19)20(8)17(23)12-5-6-13(18)25-12;1-9-11(7-14(20)21)15-12(3-4-13(23-2)16(15)18)19(9)17(22)10-5-6-24-8-10/h3-6H,7H2,1-2H3,(H,21,22);3-6,8H,7H2,1-2H3,(H,20,21). The van der Waals surface area contributed by atoms with Crippen molar-refractivity contribution >= 4 is 68.2 Å². The lowest BCUT2D eigenvalue weighted by Crippen LogP contribution is -2.13. The van der Waals surface area contributed by atoms with Gasteiger partial charge in [-0.15, -0.1) is 11.3 Å². The average molecular weight is 713 g/mol. The van der Waals surface area contributed by atoms with E-state index in [1.54, 1.807) is 29.8 Å². The smallest absolute Gasteiger partial charge is 0.307 e. The molecule has 0 amide bonds. The first-order valence-corrected chi connectivity index (χ1v) is 16.1. The second kappa shape index (κ2) is 14.0. The van der Waals surface area contributed by atoms with Crippen LogP contribution in [0.3, 0.4) is 0 Å². The summed E-state index contributed by atoms with van der Waals surface area (Å²) in [4.78, 5) is 48.1. The molecule has 0 bridgehead atoms. The van der Waals surface area contributed by atoms with E-state index in [1.165, 1.54) is 71.9 Å². The van der Waals surface area contributed by atoms with Gasteiger partial charge < -0.3 is 19.7 Å². The Labute approximate surface area is 284 Å². The van der Waals surface area contributed by atoms with E-state index in [1.807, 2.05) is 0 Å². The summed E-state index contributed by atoms with van der Waals surface area (Å²) in [6.07, 6.45) is -0.832. The molecule has 10 nitrogen and oxygen atoms in total. The maximum atomic E-state index is 14.7. The van der Waals surface area contributed by atoms with Gasteiger partial charge in [-0.25, -0.2) is 8.78 Å². The maximum Gasteiger partial charge on any atom is 0.307 e. The zero-order chi connectivity index (χ0) is 35.7. The quantitative estimate of drug-likeness (QED) is 0.171. The first-order chi connectivity index (χ1) is 23.3. The molecule has 0 saturated carbocycles. The molecule has 0 aliphatic rings. The molecule has 254 valence electrons. The second-order valence-corrected chi connectivity index (χ2v) is 12.4. The summed E-state index contributed by atoms with van der Waals surface area (Å²) < 4.78 is 55.2. The van der Waals surface area contributed by atoms with Crippen LogP contribution in [0.5, 0.6) is 11.5 Å². The lowest BCUT2D eigenvalue weighted by atomic mass is 10.1. The number of hydrogen-bond donors (Lipinski definition) is 2. The van der Waals surface area contributed by atoms with Gasteiger partial charge in [0.2, 0.25) is 0 Å². The zero-order valence-electron chi connectivity index (χ0n) is 26.3. The van der Waals surface area contributed by atoms with Crippen LogP contribution in [-0.2, 0) is 22.4 Å². The van der Waals surface area contributed by atoms with Gasteiger partial charge in [0.1, 0.15) is 0 Å². The molecule has 4 aromatic heterocycles. The molecule has 4 heterocycles. The molecule has 49 heavy (non-hydrogen) atoms. The Morgan fingerprint density at radius 2 is 1.20 bits per heavy atom. The minimum absolute atomic E-state index is 0.00858. The van der Waals surface area contributed by atoms with Crippen molar-refractivity contribution in [3.63, 3.8) is 0 Å². The highest BCUT2D eigenvalue weighted by molar-refractivity contribution is 7.12. The first kappa shape index (κ1) is 34.9. The van der Waals surface area contributed by atoms with Crippen molar-refractivity contribution in [3.8, 4) is 11.5 Å². The number of thiophene rings is 2. The lowest BCUT2D eigenvalue weighted by Gasteiger charge is -2.06. The summed E-state index contributed by atoms with van der Waals surface area (Å²) >= 11 is 2.05. The highest BCUT2D eigenvalue weighted by Gasteiger charge is 2.27. The van der Waals surface area contributed by atoms with Gasteiger partial charge in [-0.05, 0) is 72.8 Å². The van der Waals surface area contributed by atoms with Gasteiger partial charge in [-0.2, -0.15) is 15.7 Å². The number of aliphatic carboxylic acids is 2. The van der Waals surface area contributed by atoms with Crippen molar-refractivity contribution in [2.45, 2.75) is 26.7 Å². The van der Waals surface area contributed by atoms with E-state index in [2.05, 4.69) is 0 Å². The average Bonchev–Trinajstić information content (AvgIpc) is 3.85. The molecule has 0 radical (unpaired) electrons. The molecule has 15 heteroatoms. The summed E-state index contributed by atoms with van der Waals surface area (Å²) in [6, 6.07) is 10.0. The number of methoxy groups -OCH3 is 2. The number of aromatic nitrogens is 2. The third kappa shape index (κ3) is 6.41. The van der Waals surface area contributed by atoms with Gasteiger partial charge in [0.05, 0.1) is 48.5 Å². The molecule has 6 rings (SSSR count). The Kier molecular flexibility index (Phi) is 9.96. The number of fused-ring (bicyclic) bond motifs is 2. The molecule has 2 N–H and O–H groups in total. The molecule has 0 saturated heterocycles.